The maximum Gasteiger partial charge on any atom is 0.318 e. The van der Waals surface area contributed by atoms with Gasteiger partial charge in [-0.2, -0.15) is 0 Å². The highest BCUT2D eigenvalue weighted by atomic mass is 16.5. The van der Waals surface area contributed by atoms with Gasteiger partial charge in [-0.25, -0.2) is 4.79 Å². The number of urea groups is 1. The van der Waals surface area contributed by atoms with Crippen molar-refractivity contribution >= 4 is 6.03 Å². The van der Waals surface area contributed by atoms with E-state index in [9.17, 15) is 4.79 Å². The molecule has 2 bridgehead atoms. The number of ether oxygens (including phenoxy) is 2. The molecular formula is C17H24N2O4. The Balaban J connectivity index is 1.39. The second-order valence-corrected chi connectivity index (χ2v) is 6.76. The van der Waals surface area contributed by atoms with Crippen LogP contribution in [0.25, 0.3) is 0 Å². The number of hydrogen-bond acceptors (Lipinski definition) is 4. The zero-order chi connectivity index (χ0) is 15.6. The van der Waals surface area contributed by atoms with Crippen LogP contribution in [-0.4, -0.2) is 48.4 Å². The van der Waals surface area contributed by atoms with E-state index >= 15 is 0 Å². The van der Waals surface area contributed by atoms with Crippen LogP contribution < -0.4 is 5.32 Å². The normalized spacial score (nSPS) is 32.3. The highest BCUT2D eigenvalue weighted by Crippen LogP contribution is 2.34. The Hall–Kier alpha value is -1.53. The highest BCUT2D eigenvalue weighted by molar-refractivity contribution is 5.74. The molecule has 1 N–H and O–H groups in total. The van der Waals surface area contributed by atoms with Crippen LogP contribution >= 0.6 is 0 Å². The van der Waals surface area contributed by atoms with Crippen LogP contribution in [0, 0.1) is 0 Å². The Morgan fingerprint density at radius 2 is 2.30 bits per heavy atom. The summed E-state index contributed by atoms with van der Waals surface area (Å²) in [5.41, 5.74) is 0. The minimum absolute atomic E-state index is 0.0435. The van der Waals surface area contributed by atoms with E-state index in [0.717, 1.165) is 44.5 Å². The van der Waals surface area contributed by atoms with Crippen molar-refractivity contribution in [3.63, 3.8) is 0 Å². The van der Waals surface area contributed by atoms with Crippen molar-refractivity contribution < 1.29 is 18.7 Å². The molecule has 2 amide bonds. The van der Waals surface area contributed by atoms with Gasteiger partial charge in [-0.3, -0.25) is 0 Å². The van der Waals surface area contributed by atoms with Gasteiger partial charge < -0.3 is 24.1 Å². The van der Waals surface area contributed by atoms with Crippen LogP contribution in [0.2, 0.25) is 0 Å². The first-order chi connectivity index (χ1) is 11.3. The molecule has 23 heavy (non-hydrogen) atoms. The van der Waals surface area contributed by atoms with Gasteiger partial charge in [0.25, 0.3) is 0 Å². The van der Waals surface area contributed by atoms with Gasteiger partial charge in [0.05, 0.1) is 37.2 Å². The third-order valence-corrected chi connectivity index (χ3v) is 5.08. The molecule has 6 nitrogen and oxygen atoms in total. The average Bonchev–Trinajstić information content (AvgIpc) is 3.32. The molecule has 4 heterocycles. The summed E-state index contributed by atoms with van der Waals surface area (Å²) in [7, 11) is 0. The molecule has 1 aromatic heterocycles. The first kappa shape index (κ1) is 15.0. The molecule has 4 rings (SSSR count). The molecule has 126 valence electrons. The zero-order valence-electron chi connectivity index (χ0n) is 13.3. The Bertz CT molecular complexity index is 527. The summed E-state index contributed by atoms with van der Waals surface area (Å²) in [5, 5.41) is 3.16. The summed E-state index contributed by atoms with van der Waals surface area (Å²) < 4.78 is 16.9. The lowest BCUT2D eigenvalue weighted by Crippen LogP contribution is -2.49. The summed E-state index contributed by atoms with van der Waals surface area (Å²) in [6.45, 7) is 1.87. The molecule has 3 fully saturated rings. The van der Waals surface area contributed by atoms with E-state index in [2.05, 4.69) is 5.32 Å². The molecule has 0 saturated carbocycles. The van der Waals surface area contributed by atoms with Crippen molar-refractivity contribution in [2.24, 2.45) is 0 Å². The summed E-state index contributed by atoms with van der Waals surface area (Å²) in [6, 6.07) is 3.85. The van der Waals surface area contributed by atoms with E-state index < -0.39 is 0 Å². The number of carbonyl (C=O) groups is 1. The van der Waals surface area contributed by atoms with Crippen LogP contribution in [0.1, 0.15) is 37.9 Å². The highest BCUT2D eigenvalue weighted by Gasteiger charge is 2.42. The standard InChI is InChI=1S/C17H24N2O4/c20-17(18-15-9-12-5-6-16(15)23-12)19(10-13-3-1-7-21-13)11-14-4-2-8-22-14/h1,3,7,12,14-16H,2,4-6,8-11H2,(H,18,20)/t12-,14-,15-,16-/m1/s1. The Morgan fingerprint density at radius 3 is 2.96 bits per heavy atom. The second kappa shape index (κ2) is 6.53. The van der Waals surface area contributed by atoms with Crippen LogP contribution in [0.15, 0.2) is 22.8 Å². The van der Waals surface area contributed by atoms with Gasteiger partial charge in [-0.1, -0.05) is 0 Å². The van der Waals surface area contributed by atoms with Crippen LogP contribution in [0.5, 0.6) is 0 Å². The number of nitrogens with zero attached hydrogens (tertiary/aromatic N) is 1. The van der Waals surface area contributed by atoms with E-state index in [-0.39, 0.29) is 24.3 Å². The molecule has 3 saturated heterocycles. The largest absolute Gasteiger partial charge is 0.467 e. The number of hydrogen-bond donors (Lipinski definition) is 1. The van der Waals surface area contributed by atoms with Gasteiger partial charge in [0.2, 0.25) is 0 Å². The fourth-order valence-corrected chi connectivity index (χ4v) is 3.88. The Labute approximate surface area is 136 Å². The van der Waals surface area contributed by atoms with Gasteiger partial charge in [-0.15, -0.1) is 0 Å². The van der Waals surface area contributed by atoms with Crippen LogP contribution in [-0.2, 0) is 16.0 Å². The summed E-state index contributed by atoms with van der Waals surface area (Å²) in [5.74, 6) is 0.794. The minimum atomic E-state index is -0.0435. The quantitative estimate of drug-likeness (QED) is 0.904. The molecule has 6 heteroatoms. The number of carbonyl (C=O) groups excluding carboxylic acids is 1. The number of nitrogens with one attached hydrogen (secondary N) is 1. The number of fused-ring (bicyclic) bond motifs is 2. The third-order valence-electron chi connectivity index (χ3n) is 5.08. The van der Waals surface area contributed by atoms with Gasteiger partial charge in [0.1, 0.15) is 5.76 Å². The molecular weight excluding hydrogens is 296 g/mol. The fourth-order valence-electron chi connectivity index (χ4n) is 3.88. The fraction of sp³-hybridized carbons (Fsp3) is 0.706. The monoisotopic (exact) mass is 320 g/mol. The number of furan rings is 1. The Morgan fingerprint density at radius 1 is 1.35 bits per heavy atom. The lowest BCUT2D eigenvalue weighted by Gasteiger charge is -2.28. The minimum Gasteiger partial charge on any atom is -0.467 e. The summed E-state index contributed by atoms with van der Waals surface area (Å²) in [4.78, 5) is 14.6. The van der Waals surface area contributed by atoms with Crippen molar-refractivity contribution in [3.8, 4) is 0 Å². The summed E-state index contributed by atoms with van der Waals surface area (Å²) in [6.07, 6.45) is 7.50. The van der Waals surface area contributed by atoms with E-state index in [4.69, 9.17) is 13.9 Å². The molecule has 3 aliphatic heterocycles. The number of amides is 2. The SMILES string of the molecule is O=C(N[C@@H]1C[C@H]2CC[C@H]1O2)N(Cc1ccco1)C[C@H]1CCCO1. The predicted octanol–water partition coefficient (Wildman–Crippen LogP) is 2.29. The van der Waals surface area contributed by atoms with Gasteiger partial charge in [0, 0.05) is 13.2 Å². The summed E-state index contributed by atoms with van der Waals surface area (Å²) >= 11 is 0. The lowest BCUT2D eigenvalue weighted by molar-refractivity contribution is 0.0748. The van der Waals surface area contributed by atoms with E-state index in [1.165, 1.54) is 0 Å². The van der Waals surface area contributed by atoms with Gasteiger partial charge in [0.15, 0.2) is 0 Å². The van der Waals surface area contributed by atoms with Gasteiger partial charge >= 0.3 is 6.03 Å². The van der Waals surface area contributed by atoms with E-state index in [1.807, 2.05) is 12.1 Å². The molecule has 1 aromatic rings. The second-order valence-electron chi connectivity index (χ2n) is 6.76. The number of rotatable bonds is 5. The third kappa shape index (κ3) is 3.38. The maximum absolute atomic E-state index is 12.8. The van der Waals surface area contributed by atoms with Crippen molar-refractivity contribution in [1.29, 1.82) is 0 Å². The van der Waals surface area contributed by atoms with Crippen molar-refractivity contribution in [1.82, 2.24) is 10.2 Å². The van der Waals surface area contributed by atoms with Crippen molar-refractivity contribution in [2.45, 2.75) is 63.0 Å². The van der Waals surface area contributed by atoms with Crippen molar-refractivity contribution in [2.75, 3.05) is 13.2 Å². The first-order valence-corrected chi connectivity index (χ1v) is 8.63. The van der Waals surface area contributed by atoms with E-state index in [1.54, 1.807) is 11.2 Å². The molecule has 3 aliphatic rings. The average molecular weight is 320 g/mol. The molecule has 0 unspecified atom stereocenters. The van der Waals surface area contributed by atoms with E-state index in [0.29, 0.717) is 19.2 Å². The maximum atomic E-state index is 12.8. The topological polar surface area (TPSA) is 63.9 Å². The van der Waals surface area contributed by atoms with Crippen molar-refractivity contribution in [3.05, 3.63) is 24.2 Å². The molecule has 0 aromatic carbocycles. The molecule has 0 radical (unpaired) electrons. The van der Waals surface area contributed by atoms with Crippen LogP contribution in [0.3, 0.4) is 0 Å². The zero-order valence-corrected chi connectivity index (χ0v) is 13.3. The Kier molecular flexibility index (Phi) is 4.27. The van der Waals surface area contributed by atoms with Crippen LogP contribution in [0.4, 0.5) is 4.79 Å². The predicted molar refractivity (Wildman–Crippen MR) is 82.9 cm³/mol. The lowest BCUT2D eigenvalue weighted by atomic mass is 9.96. The van der Waals surface area contributed by atoms with Gasteiger partial charge in [-0.05, 0) is 44.2 Å². The molecule has 0 aliphatic carbocycles. The first-order valence-electron chi connectivity index (χ1n) is 8.63. The smallest absolute Gasteiger partial charge is 0.318 e. The molecule has 4 atom stereocenters. The molecule has 0 spiro atoms.